The predicted octanol–water partition coefficient (Wildman–Crippen LogP) is 6.13. The van der Waals surface area contributed by atoms with Crippen LogP contribution in [0.4, 0.5) is 0 Å². The first-order chi connectivity index (χ1) is 17.7. The summed E-state index contributed by atoms with van der Waals surface area (Å²) in [5.74, 6) is 0.722. The third-order valence-electron chi connectivity index (χ3n) is 6.68. The summed E-state index contributed by atoms with van der Waals surface area (Å²) in [7, 11) is 0. The molecule has 0 radical (unpaired) electrons. The Morgan fingerprint density at radius 1 is 0.972 bits per heavy atom. The van der Waals surface area contributed by atoms with Gasteiger partial charge in [0.05, 0.1) is 23.7 Å². The molecule has 6 rings (SSSR count). The van der Waals surface area contributed by atoms with E-state index in [0.29, 0.717) is 18.8 Å². The van der Waals surface area contributed by atoms with Gasteiger partial charge in [0.2, 0.25) is 0 Å². The van der Waals surface area contributed by atoms with E-state index in [0.717, 1.165) is 34.3 Å². The fraction of sp³-hybridized carbons (Fsp3) is 0.207. The van der Waals surface area contributed by atoms with Gasteiger partial charge in [-0.15, -0.1) is 0 Å². The number of aromatic nitrogens is 2. The van der Waals surface area contributed by atoms with Crippen LogP contribution in [0.15, 0.2) is 88.2 Å². The second kappa shape index (κ2) is 9.99. The summed E-state index contributed by atoms with van der Waals surface area (Å²) in [6.45, 7) is 3.26. The van der Waals surface area contributed by atoms with Crippen LogP contribution in [0.2, 0.25) is 0 Å². The molecule has 0 N–H and O–H groups in total. The van der Waals surface area contributed by atoms with E-state index >= 15 is 0 Å². The number of benzene rings is 3. The van der Waals surface area contributed by atoms with Crippen LogP contribution >= 0.6 is 23.7 Å². The summed E-state index contributed by atoms with van der Waals surface area (Å²) in [6.07, 6.45) is 2.10. The van der Waals surface area contributed by atoms with Crippen molar-refractivity contribution >= 4 is 34.7 Å². The molecule has 0 saturated carbocycles. The number of hydrogen-bond donors (Lipinski definition) is 0. The van der Waals surface area contributed by atoms with Crippen molar-refractivity contribution < 1.29 is 4.79 Å². The van der Waals surface area contributed by atoms with Gasteiger partial charge < -0.3 is 4.90 Å². The molecule has 3 aromatic carbocycles. The monoisotopic (exact) mass is 510 g/mol. The first-order valence-corrected chi connectivity index (χ1v) is 13.9. The zero-order valence-electron chi connectivity index (χ0n) is 20.1. The van der Waals surface area contributed by atoms with E-state index in [9.17, 15) is 4.79 Å². The second-order valence-electron chi connectivity index (χ2n) is 9.11. The van der Waals surface area contributed by atoms with E-state index < -0.39 is 0 Å². The number of aryl methyl sites for hydroxylation is 1. The lowest BCUT2D eigenvalue weighted by Crippen LogP contribution is -2.38. The normalized spacial score (nSPS) is 16.2. The van der Waals surface area contributed by atoms with Gasteiger partial charge in [-0.2, -0.15) is 9.50 Å². The zero-order valence-corrected chi connectivity index (χ0v) is 21.7. The van der Waals surface area contributed by atoms with Gasteiger partial charge in [0, 0.05) is 40.2 Å². The third-order valence-corrected chi connectivity index (χ3v) is 8.62. The number of amidine groups is 1. The lowest BCUT2D eigenvalue weighted by atomic mass is 9.89. The molecule has 2 aliphatic rings. The molecule has 1 saturated heterocycles. The molecule has 0 spiro atoms. The van der Waals surface area contributed by atoms with Crippen LogP contribution in [-0.2, 0) is 24.2 Å². The molecule has 0 amide bonds. The maximum atomic E-state index is 12.1. The summed E-state index contributed by atoms with van der Waals surface area (Å²) in [5, 5.41) is 5.91. The highest BCUT2D eigenvalue weighted by Crippen LogP contribution is 2.35. The first kappa shape index (κ1) is 23.1. The average molecular weight is 511 g/mol. The quantitative estimate of drug-likeness (QED) is 0.303. The van der Waals surface area contributed by atoms with Crippen LogP contribution in [0.5, 0.6) is 0 Å². The molecule has 0 atom stereocenters. The molecule has 36 heavy (non-hydrogen) atoms. The summed E-state index contributed by atoms with van der Waals surface area (Å²) in [5.41, 5.74) is 8.54. The van der Waals surface area contributed by atoms with Crippen molar-refractivity contribution in [3.63, 3.8) is 0 Å². The van der Waals surface area contributed by atoms with Crippen LogP contribution in [-0.4, -0.2) is 37.9 Å². The lowest BCUT2D eigenvalue weighted by molar-refractivity contribution is -0.117. The van der Waals surface area contributed by atoms with E-state index in [1.807, 2.05) is 18.2 Å². The average Bonchev–Trinajstić information content (AvgIpc) is 3.26. The van der Waals surface area contributed by atoms with Crippen LogP contribution in [0.25, 0.3) is 16.9 Å². The van der Waals surface area contributed by atoms with Gasteiger partial charge in [0.25, 0.3) is 0 Å². The highest BCUT2D eigenvalue weighted by Gasteiger charge is 2.24. The van der Waals surface area contributed by atoms with Gasteiger partial charge in [-0.05, 0) is 55.2 Å². The van der Waals surface area contributed by atoms with E-state index in [1.54, 1.807) is 0 Å². The molecule has 4 aromatic rings. The Morgan fingerprint density at radius 2 is 1.75 bits per heavy atom. The molecule has 1 fully saturated rings. The Labute approximate surface area is 219 Å². The van der Waals surface area contributed by atoms with Crippen molar-refractivity contribution in [3.05, 3.63) is 101 Å². The SMILES string of the molecule is Cc1c2c(nn1-c1ccc(S/N=C3\SCC(=O)CN3Cc3ccccc3)cc1)-c1ccccc1CC2. The fourth-order valence-corrected chi connectivity index (χ4v) is 6.42. The van der Waals surface area contributed by atoms with Gasteiger partial charge in [-0.3, -0.25) is 4.79 Å². The van der Waals surface area contributed by atoms with Gasteiger partial charge in [-0.25, -0.2) is 4.68 Å². The number of ketones is 1. The van der Waals surface area contributed by atoms with Crippen LogP contribution in [0.3, 0.4) is 0 Å². The molecule has 0 bridgehead atoms. The minimum Gasteiger partial charge on any atom is -0.339 e. The number of fused-ring (bicyclic) bond motifs is 3. The number of nitrogens with zero attached hydrogens (tertiary/aromatic N) is 4. The maximum absolute atomic E-state index is 12.1. The molecule has 180 valence electrons. The molecule has 1 aromatic heterocycles. The summed E-state index contributed by atoms with van der Waals surface area (Å²) in [4.78, 5) is 15.2. The zero-order chi connectivity index (χ0) is 24.5. The third kappa shape index (κ3) is 4.61. The molecular weight excluding hydrogens is 484 g/mol. The Kier molecular flexibility index (Phi) is 6.42. The standard InChI is InChI=1S/C29H26N4OS2/c1-20-26-16-11-22-9-5-6-10-27(22)28(26)30-33(20)23-12-14-25(15-13-23)36-31-29-32(18-24(34)19-35-29)17-21-7-3-2-4-8-21/h2-10,12-15H,11,16-19H2,1H3/b31-29-. The fourth-order valence-electron chi connectivity index (χ4n) is 4.84. The first-order valence-electron chi connectivity index (χ1n) is 12.1. The topological polar surface area (TPSA) is 50.5 Å². The van der Waals surface area contributed by atoms with E-state index in [-0.39, 0.29) is 5.78 Å². The minimum absolute atomic E-state index is 0.240. The van der Waals surface area contributed by atoms with Crippen LogP contribution < -0.4 is 0 Å². The van der Waals surface area contributed by atoms with Crippen molar-refractivity contribution in [2.24, 2.45) is 4.40 Å². The van der Waals surface area contributed by atoms with Gasteiger partial charge >= 0.3 is 0 Å². The van der Waals surface area contributed by atoms with E-state index in [1.165, 1.54) is 51.7 Å². The summed E-state index contributed by atoms with van der Waals surface area (Å²) >= 11 is 2.97. The van der Waals surface area contributed by atoms with Crippen molar-refractivity contribution in [1.29, 1.82) is 0 Å². The molecular formula is C29H26N4OS2. The van der Waals surface area contributed by atoms with Crippen molar-refractivity contribution in [3.8, 4) is 16.9 Å². The minimum atomic E-state index is 0.240. The molecule has 5 nitrogen and oxygen atoms in total. The Bertz CT molecular complexity index is 1440. The number of carbonyl (C=O) groups is 1. The van der Waals surface area contributed by atoms with Gasteiger partial charge in [-0.1, -0.05) is 66.4 Å². The molecule has 7 heteroatoms. The summed E-state index contributed by atoms with van der Waals surface area (Å²) < 4.78 is 6.88. The molecule has 1 aliphatic carbocycles. The molecule has 2 heterocycles. The van der Waals surface area contributed by atoms with Crippen LogP contribution in [0.1, 0.15) is 22.4 Å². The highest BCUT2D eigenvalue weighted by molar-refractivity contribution is 8.15. The second-order valence-corrected chi connectivity index (χ2v) is 10.9. The number of hydrogen-bond acceptors (Lipinski definition) is 5. The predicted molar refractivity (Wildman–Crippen MR) is 149 cm³/mol. The van der Waals surface area contributed by atoms with Crippen LogP contribution in [0, 0.1) is 6.92 Å². The highest BCUT2D eigenvalue weighted by atomic mass is 32.2. The number of carbonyl (C=O) groups excluding carboxylic acids is 1. The largest absolute Gasteiger partial charge is 0.339 e. The van der Waals surface area contributed by atoms with Crippen molar-refractivity contribution in [1.82, 2.24) is 14.7 Å². The molecule has 0 unspecified atom stereocenters. The number of thioether (sulfide) groups is 1. The smallest absolute Gasteiger partial charge is 0.172 e. The van der Waals surface area contributed by atoms with Crippen molar-refractivity contribution in [2.45, 2.75) is 31.2 Å². The number of rotatable bonds is 5. The summed E-state index contributed by atoms with van der Waals surface area (Å²) in [6, 6.07) is 27.2. The van der Waals surface area contributed by atoms with E-state index in [4.69, 9.17) is 9.50 Å². The Balaban J connectivity index is 1.20. The maximum Gasteiger partial charge on any atom is 0.172 e. The van der Waals surface area contributed by atoms with E-state index in [2.05, 4.69) is 77.2 Å². The Hall–Kier alpha value is -3.29. The van der Waals surface area contributed by atoms with Crippen molar-refractivity contribution in [2.75, 3.05) is 12.3 Å². The van der Waals surface area contributed by atoms with Gasteiger partial charge in [0.1, 0.15) is 0 Å². The molecule has 1 aliphatic heterocycles. The lowest BCUT2D eigenvalue weighted by Gasteiger charge is -2.28. The number of Topliss-reactive ketones (excluding diaryl/α,β-unsaturated/α-hetero) is 1. The Morgan fingerprint density at radius 3 is 2.58 bits per heavy atom. The van der Waals surface area contributed by atoms with Gasteiger partial charge in [0.15, 0.2) is 11.0 Å².